The lowest BCUT2D eigenvalue weighted by Crippen LogP contribution is -2.26. The molecule has 0 aliphatic rings. The number of ether oxygens (including phenoxy) is 2. The van der Waals surface area contributed by atoms with Gasteiger partial charge in [0, 0.05) is 19.8 Å². The van der Waals surface area contributed by atoms with Crippen LogP contribution in [0.2, 0.25) is 0 Å². The lowest BCUT2D eigenvalue weighted by Gasteiger charge is -2.20. The first-order chi connectivity index (χ1) is 24.1. The van der Waals surface area contributed by atoms with Crippen LogP contribution in [-0.2, 0) is 23.1 Å². The molecule has 0 aliphatic carbocycles. The van der Waals surface area contributed by atoms with Crippen LogP contribution in [0.15, 0.2) is 0 Å². The van der Waals surface area contributed by atoms with E-state index in [0.29, 0.717) is 19.8 Å². The highest BCUT2D eigenvalue weighted by atomic mass is 31.2. The molecule has 2 unspecified atom stereocenters. The molecule has 7 nitrogen and oxygen atoms in total. The monoisotopic (exact) mass is 720 g/mol. The summed E-state index contributed by atoms with van der Waals surface area (Å²) in [4.78, 5) is 9.90. The van der Waals surface area contributed by atoms with Crippen LogP contribution in [0.3, 0.4) is 0 Å². The topological polar surface area (TPSA) is 100 Å². The molecule has 0 heterocycles. The molecule has 0 saturated heterocycles. The van der Waals surface area contributed by atoms with Gasteiger partial charge in [-0.05, 0) is 12.8 Å². The second kappa shape index (κ2) is 40.8. The van der Waals surface area contributed by atoms with Gasteiger partial charge in [0.25, 0.3) is 0 Å². The Bertz CT molecular complexity index is 670. The minimum Gasteiger partial charge on any atom is -0.379 e. The number of hydrogen-bond acceptors (Lipinski definition) is 6. The molecular formula is C41H86NO6P. The summed E-state index contributed by atoms with van der Waals surface area (Å²) in [7, 11) is -4.13. The molecule has 0 amide bonds. The predicted octanol–water partition coefficient (Wildman–Crippen LogP) is 13.0. The van der Waals surface area contributed by atoms with Gasteiger partial charge in [-0.1, -0.05) is 206 Å². The molecular weight excluding hydrogens is 633 g/mol. The molecule has 0 saturated carbocycles. The SMILES string of the molecule is CCCCCCCCCCCCCCCCCCOCC(COP(=O)(O)OCCN)OCCCCCCCCCCCCCCCCCC. The molecule has 3 N–H and O–H groups in total. The van der Waals surface area contributed by atoms with Crippen LogP contribution >= 0.6 is 7.82 Å². The number of phosphoric acid groups is 1. The molecule has 0 fully saturated rings. The highest BCUT2D eigenvalue weighted by molar-refractivity contribution is 7.47. The van der Waals surface area contributed by atoms with Crippen LogP contribution in [0, 0.1) is 0 Å². The Morgan fingerprint density at radius 2 is 0.776 bits per heavy atom. The zero-order chi connectivity index (χ0) is 35.8. The average molecular weight is 720 g/mol. The van der Waals surface area contributed by atoms with E-state index in [9.17, 15) is 9.46 Å². The number of unbranched alkanes of at least 4 members (excludes halogenated alkanes) is 30. The molecule has 0 bridgehead atoms. The molecule has 296 valence electrons. The van der Waals surface area contributed by atoms with Gasteiger partial charge in [-0.15, -0.1) is 0 Å². The lowest BCUT2D eigenvalue weighted by molar-refractivity contribution is -0.0443. The van der Waals surface area contributed by atoms with Crippen molar-refractivity contribution in [1.82, 2.24) is 0 Å². The summed E-state index contributed by atoms with van der Waals surface area (Å²) in [5.74, 6) is 0. The Kier molecular flexibility index (Phi) is 40.7. The Morgan fingerprint density at radius 3 is 1.12 bits per heavy atom. The van der Waals surface area contributed by atoms with Crippen LogP contribution in [0.25, 0.3) is 0 Å². The summed E-state index contributed by atoms with van der Waals surface area (Å²) in [5, 5.41) is 0. The van der Waals surface area contributed by atoms with Crippen LogP contribution in [-0.4, -0.2) is 50.6 Å². The average Bonchev–Trinajstić information content (AvgIpc) is 3.10. The van der Waals surface area contributed by atoms with Gasteiger partial charge in [0.05, 0.1) is 19.8 Å². The quantitative estimate of drug-likeness (QED) is 0.0478. The molecule has 8 heteroatoms. The van der Waals surface area contributed by atoms with Crippen LogP contribution < -0.4 is 5.73 Å². The summed E-state index contributed by atoms with van der Waals surface area (Å²) in [5.41, 5.74) is 5.39. The van der Waals surface area contributed by atoms with Gasteiger partial charge < -0.3 is 20.1 Å². The zero-order valence-electron chi connectivity index (χ0n) is 33.0. The minimum atomic E-state index is -4.13. The van der Waals surface area contributed by atoms with Gasteiger partial charge in [0.15, 0.2) is 0 Å². The van der Waals surface area contributed by atoms with E-state index in [4.69, 9.17) is 24.3 Å². The first kappa shape index (κ1) is 49.0. The Hall–Kier alpha value is -0.0100. The van der Waals surface area contributed by atoms with Crippen molar-refractivity contribution >= 4 is 7.82 Å². The molecule has 0 rings (SSSR count). The molecule has 49 heavy (non-hydrogen) atoms. The summed E-state index contributed by atoms with van der Waals surface area (Å²) >= 11 is 0. The highest BCUT2D eigenvalue weighted by Crippen LogP contribution is 2.43. The normalized spacial score (nSPS) is 13.6. The van der Waals surface area contributed by atoms with E-state index in [1.54, 1.807) is 0 Å². The molecule has 0 aromatic heterocycles. The van der Waals surface area contributed by atoms with Crippen molar-refractivity contribution in [3.05, 3.63) is 0 Å². The van der Waals surface area contributed by atoms with Crippen molar-refractivity contribution in [2.75, 3.05) is 39.6 Å². The van der Waals surface area contributed by atoms with Gasteiger partial charge in [-0.2, -0.15) is 0 Å². The minimum absolute atomic E-state index is 0.0196. The first-order valence-electron chi connectivity index (χ1n) is 21.6. The van der Waals surface area contributed by atoms with E-state index in [1.165, 1.54) is 186 Å². The second-order valence-electron chi connectivity index (χ2n) is 14.6. The maximum Gasteiger partial charge on any atom is 0.472 e. The standard InChI is InChI=1S/C41H86NO6P/c1-3-5-7-9-11-13-15-17-19-21-23-25-27-29-31-33-36-45-39-41(40-48-49(43,44)47-38-35-42)46-37-34-32-30-28-26-24-22-20-18-16-14-12-10-8-6-4-2/h41H,3-40,42H2,1-2H3,(H,43,44). The maximum atomic E-state index is 12.1. The van der Waals surface area contributed by atoms with Crippen molar-refractivity contribution in [3.8, 4) is 0 Å². The Morgan fingerprint density at radius 1 is 0.449 bits per heavy atom. The summed E-state index contributed by atoms with van der Waals surface area (Å²) < 4.78 is 34.1. The fourth-order valence-electron chi connectivity index (χ4n) is 6.39. The van der Waals surface area contributed by atoms with E-state index in [1.807, 2.05) is 0 Å². The van der Waals surface area contributed by atoms with Crippen LogP contribution in [0.1, 0.15) is 219 Å². The van der Waals surface area contributed by atoms with E-state index in [-0.39, 0.29) is 25.9 Å². The maximum absolute atomic E-state index is 12.1. The van der Waals surface area contributed by atoms with Crippen LogP contribution in [0.4, 0.5) is 0 Å². The summed E-state index contributed by atoms with van der Waals surface area (Å²) in [6, 6.07) is 0. The molecule has 0 aromatic carbocycles. The second-order valence-corrected chi connectivity index (χ2v) is 16.0. The number of nitrogens with two attached hydrogens (primary N) is 1. The van der Waals surface area contributed by atoms with Gasteiger partial charge in [-0.25, -0.2) is 4.57 Å². The number of hydrogen-bond donors (Lipinski definition) is 2. The molecule has 0 aromatic rings. The zero-order valence-corrected chi connectivity index (χ0v) is 33.9. The van der Waals surface area contributed by atoms with E-state index < -0.39 is 7.82 Å². The van der Waals surface area contributed by atoms with Gasteiger partial charge in [0.1, 0.15) is 6.10 Å². The Balaban J connectivity index is 3.84. The third-order valence-corrected chi connectivity index (χ3v) is 10.6. The van der Waals surface area contributed by atoms with Gasteiger partial charge in [0.2, 0.25) is 0 Å². The number of phosphoric ester groups is 1. The fraction of sp³-hybridized carbons (Fsp3) is 1.00. The van der Waals surface area contributed by atoms with Crippen molar-refractivity contribution in [3.63, 3.8) is 0 Å². The van der Waals surface area contributed by atoms with Gasteiger partial charge in [-0.3, -0.25) is 9.05 Å². The van der Waals surface area contributed by atoms with Crippen LogP contribution in [0.5, 0.6) is 0 Å². The molecule has 0 radical (unpaired) electrons. The first-order valence-corrected chi connectivity index (χ1v) is 23.1. The molecule has 2 atom stereocenters. The van der Waals surface area contributed by atoms with E-state index in [0.717, 1.165) is 19.3 Å². The third kappa shape index (κ3) is 40.6. The smallest absolute Gasteiger partial charge is 0.379 e. The summed E-state index contributed by atoms with van der Waals surface area (Å²) in [6.45, 7) is 6.31. The third-order valence-electron chi connectivity index (χ3n) is 9.59. The molecule has 0 spiro atoms. The van der Waals surface area contributed by atoms with Crippen molar-refractivity contribution in [2.24, 2.45) is 5.73 Å². The lowest BCUT2D eigenvalue weighted by atomic mass is 10.0. The van der Waals surface area contributed by atoms with Crippen molar-refractivity contribution in [1.29, 1.82) is 0 Å². The van der Waals surface area contributed by atoms with Crippen molar-refractivity contribution < 1.29 is 28.0 Å². The van der Waals surface area contributed by atoms with Gasteiger partial charge >= 0.3 is 7.82 Å². The Labute approximate surface area is 305 Å². The summed E-state index contributed by atoms with van der Waals surface area (Å²) in [6.07, 6.45) is 42.5. The van der Waals surface area contributed by atoms with E-state index in [2.05, 4.69) is 13.8 Å². The predicted molar refractivity (Wildman–Crippen MR) is 210 cm³/mol. The highest BCUT2D eigenvalue weighted by Gasteiger charge is 2.23. The number of rotatable bonds is 43. The van der Waals surface area contributed by atoms with E-state index >= 15 is 0 Å². The fourth-order valence-corrected chi connectivity index (χ4v) is 7.16. The molecule has 0 aliphatic heterocycles. The van der Waals surface area contributed by atoms with Crippen molar-refractivity contribution in [2.45, 2.75) is 225 Å². The largest absolute Gasteiger partial charge is 0.472 e.